The minimum absolute atomic E-state index is 0.0787. The normalized spacial score (nSPS) is 18.1. The van der Waals surface area contributed by atoms with Crippen LogP contribution in [-0.4, -0.2) is 42.1 Å². The van der Waals surface area contributed by atoms with Crippen LogP contribution in [0.2, 0.25) is 0 Å². The van der Waals surface area contributed by atoms with Gasteiger partial charge in [0.25, 0.3) is 0 Å². The van der Waals surface area contributed by atoms with Gasteiger partial charge >= 0.3 is 0 Å². The summed E-state index contributed by atoms with van der Waals surface area (Å²) in [5.74, 6) is -0.578. The van der Waals surface area contributed by atoms with Gasteiger partial charge in [-0.25, -0.2) is 0 Å². The lowest BCUT2D eigenvalue weighted by Gasteiger charge is -2.24. The number of nitrogens with one attached hydrogen (secondary N) is 1. The van der Waals surface area contributed by atoms with E-state index in [4.69, 9.17) is 0 Å². The standard InChI is InChI=1S/C9H14N2O3/c1-2-3-7(12)4-11-5-8(13)10-9(14)6-11/h2-6H2,1H3,(H,10,13,14). The van der Waals surface area contributed by atoms with Crippen LogP contribution in [0.5, 0.6) is 0 Å². The van der Waals surface area contributed by atoms with E-state index in [0.717, 1.165) is 6.42 Å². The summed E-state index contributed by atoms with van der Waals surface area (Å²) in [5.41, 5.74) is 0. The number of carbonyl (C=O) groups excluding carboxylic acids is 3. The molecular weight excluding hydrogens is 184 g/mol. The van der Waals surface area contributed by atoms with Crippen molar-refractivity contribution >= 4 is 17.6 Å². The summed E-state index contributed by atoms with van der Waals surface area (Å²) in [5, 5.41) is 2.18. The minimum Gasteiger partial charge on any atom is -0.298 e. The summed E-state index contributed by atoms with van der Waals surface area (Å²) in [6, 6.07) is 0. The minimum atomic E-state index is -0.328. The Morgan fingerprint density at radius 2 is 1.93 bits per heavy atom. The van der Waals surface area contributed by atoms with E-state index in [0.29, 0.717) is 6.42 Å². The molecule has 0 radical (unpaired) electrons. The first-order valence-electron chi connectivity index (χ1n) is 4.68. The Morgan fingerprint density at radius 1 is 1.36 bits per heavy atom. The Morgan fingerprint density at radius 3 is 2.43 bits per heavy atom. The van der Waals surface area contributed by atoms with Crippen molar-refractivity contribution in [3.8, 4) is 0 Å². The maximum absolute atomic E-state index is 11.2. The molecule has 1 heterocycles. The average molecular weight is 198 g/mol. The third kappa shape index (κ3) is 3.26. The molecule has 1 rings (SSSR count). The van der Waals surface area contributed by atoms with Gasteiger partial charge in [-0.1, -0.05) is 6.92 Å². The van der Waals surface area contributed by atoms with Crippen molar-refractivity contribution in [3.05, 3.63) is 0 Å². The fourth-order valence-corrected chi connectivity index (χ4v) is 1.42. The molecule has 0 atom stereocenters. The van der Waals surface area contributed by atoms with Gasteiger partial charge < -0.3 is 0 Å². The quantitative estimate of drug-likeness (QED) is 0.607. The average Bonchev–Trinajstić information content (AvgIpc) is 2.01. The first kappa shape index (κ1) is 10.8. The first-order valence-corrected chi connectivity index (χ1v) is 4.68. The van der Waals surface area contributed by atoms with Gasteiger partial charge in [-0.15, -0.1) is 0 Å². The summed E-state index contributed by atoms with van der Waals surface area (Å²) in [7, 11) is 0. The summed E-state index contributed by atoms with van der Waals surface area (Å²) in [4.78, 5) is 34.7. The Labute approximate surface area is 82.4 Å². The molecule has 5 nitrogen and oxygen atoms in total. The van der Waals surface area contributed by atoms with Crippen LogP contribution in [0.3, 0.4) is 0 Å². The van der Waals surface area contributed by atoms with E-state index in [1.54, 1.807) is 4.90 Å². The van der Waals surface area contributed by atoms with Crippen molar-refractivity contribution in [1.82, 2.24) is 10.2 Å². The predicted octanol–water partition coefficient (Wildman–Crippen LogP) is -0.686. The molecule has 1 saturated heterocycles. The van der Waals surface area contributed by atoms with Crippen LogP contribution in [0.15, 0.2) is 0 Å². The molecule has 0 unspecified atom stereocenters. The highest BCUT2D eigenvalue weighted by Gasteiger charge is 2.23. The van der Waals surface area contributed by atoms with Crippen molar-refractivity contribution in [3.63, 3.8) is 0 Å². The van der Waals surface area contributed by atoms with Gasteiger partial charge in [0.15, 0.2) is 0 Å². The first-order chi connectivity index (χ1) is 6.61. The van der Waals surface area contributed by atoms with E-state index in [1.807, 2.05) is 6.92 Å². The molecule has 1 N–H and O–H groups in total. The fraction of sp³-hybridized carbons (Fsp3) is 0.667. The highest BCUT2D eigenvalue weighted by Crippen LogP contribution is 1.97. The number of hydrogen-bond acceptors (Lipinski definition) is 4. The second-order valence-electron chi connectivity index (χ2n) is 3.41. The Bertz CT molecular complexity index is 247. The zero-order chi connectivity index (χ0) is 10.6. The zero-order valence-electron chi connectivity index (χ0n) is 8.21. The van der Waals surface area contributed by atoms with E-state index in [9.17, 15) is 14.4 Å². The third-order valence-electron chi connectivity index (χ3n) is 1.94. The smallest absolute Gasteiger partial charge is 0.240 e. The predicted molar refractivity (Wildman–Crippen MR) is 49.5 cm³/mol. The van der Waals surface area contributed by atoms with E-state index < -0.39 is 0 Å². The lowest BCUT2D eigenvalue weighted by molar-refractivity contribution is -0.136. The summed E-state index contributed by atoms with van der Waals surface area (Å²) < 4.78 is 0. The number of nitrogens with zero attached hydrogens (tertiary/aromatic N) is 1. The lowest BCUT2D eigenvalue weighted by atomic mass is 10.2. The van der Waals surface area contributed by atoms with Crippen LogP contribution in [-0.2, 0) is 14.4 Å². The molecule has 1 fully saturated rings. The number of imide groups is 1. The number of amides is 2. The molecular formula is C9H14N2O3. The number of hydrogen-bond donors (Lipinski definition) is 1. The Hall–Kier alpha value is -1.23. The van der Waals surface area contributed by atoms with E-state index in [-0.39, 0.29) is 37.2 Å². The molecule has 1 aliphatic heterocycles. The second-order valence-corrected chi connectivity index (χ2v) is 3.41. The second kappa shape index (κ2) is 4.85. The van der Waals surface area contributed by atoms with E-state index in [2.05, 4.69) is 5.32 Å². The molecule has 14 heavy (non-hydrogen) atoms. The van der Waals surface area contributed by atoms with Gasteiger partial charge in [-0.2, -0.15) is 0 Å². The highest BCUT2D eigenvalue weighted by molar-refractivity contribution is 5.99. The van der Waals surface area contributed by atoms with Crippen LogP contribution < -0.4 is 5.32 Å². The molecule has 0 aromatic heterocycles. The van der Waals surface area contributed by atoms with Crippen LogP contribution in [0.4, 0.5) is 0 Å². The molecule has 0 aliphatic carbocycles. The molecule has 0 aromatic carbocycles. The molecule has 5 heteroatoms. The van der Waals surface area contributed by atoms with E-state index in [1.165, 1.54) is 0 Å². The van der Waals surface area contributed by atoms with Crippen LogP contribution in [0, 0.1) is 0 Å². The molecule has 2 amide bonds. The monoisotopic (exact) mass is 198 g/mol. The number of carbonyl (C=O) groups is 3. The van der Waals surface area contributed by atoms with Gasteiger partial charge in [0, 0.05) is 6.42 Å². The van der Waals surface area contributed by atoms with Crippen molar-refractivity contribution in [2.24, 2.45) is 0 Å². The van der Waals surface area contributed by atoms with Crippen molar-refractivity contribution in [2.45, 2.75) is 19.8 Å². The fourth-order valence-electron chi connectivity index (χ4n) is 1.42. The van der Waals surface area contributed by atoms with E-state index >= 15 is 0 Å². The number of ketones is 1. The maximum Gasteiger partial charge on any atom is 0.240 e. The summed E-state index contributed by atoms with van der Waals surface area (Å²) in [6.45, 7) is 2.40. The number of rotatable bonds is 4. The largest absolute Gasteiger partial charge is 0.298 e. The van der Waals surface area contributed by atoms with Crippen LogP contribution in [0.1, 0.15) is 19.8 Å². The van der Waals surface area contributed by atoms with Crippen molar-refractivity contribution in [1.29, 1.82) is 0 Å². The SMILES string of the molecule is CCCC(=O)CN1CC(=O)NC(=O)C1. The maximum atomic E-state index is 11.2. The van der Waals surface area contributed by atoms with Gasteiger partial charge in [-0.3, -0.25) is 24.6 Å². The zero-order valence-corrected chi connectivity index (χ0v) is 8.21. The summed E-state index contributed by atoms with van der Waals surface area (Å²) >= 11 is 0. The van der Waals surface area contributed by atoms with Gasteiger partial charge in [-0.05, 0) is 6.42 Å². The van der Waals surface area contributed by atoms with Crippen LogP contribution in [0.25, 0.3) is 0 Å². The van der Waals surface area contributed by atoms with Gasteiger partial charge in [0.05, 0.1) is 19.6 Å². The molecule has 78 valence electrons. The molecule has 0 saturated carbocycles. The highest BCUT2D eigenvalue weighted by atomic mass is 16.2. The van der Waals surface area contributed by atoms with Gasteiger partial charge in [0.2, 0.25) is 11.8 Å². The number of piperazine rings is 1. The van der Waals surface area contributed by atoms with Crippen LogP contribution >= 0.6 is 0 Å². The van der Waals surface area contributed by atoms with Crippen molar-refractivity contribution < 1.29 is 14.4 Å². The molecule has 0 bridgehead atoms. The Balaban J connectivity index is 2.40. The van der Waals surface area contributed by atoms with Gasteiger partial charge in [0.1, 0.15) is 5.78 Å². The third-order valence-corrected chi connectivity index (χ3v) is 1.94. The lowest BCUT2D eigenvalue weighted by Crippen LogP contribution is -2.52. The Kier molecular flexibility index (Phi) is 3.76. The number of Topliss-reactive ketones (excluding diaryl/α,β-unsaturated/α-hetero) is 1. The summed E-state index contributed by atoms with van der Waals surface area (Å²) in [6.07, 6.45) is 1.30. The molecule has 1 aliphatic rings. The van der Waals surface area contributed by atoms with Crippen molar-refractivity contribution in [2.75, 3.05) is 19.6 Å². The molecule has 0 spiro atoms. The molecule has 0 aromatic rings. The topological polar surface area (TPSA) is 66.5 Å².